The van der Waals surface area contributed by atoms with Gasteiger partial charge in [0.2, 0.25) is 12.7 Å². The molecule has 142 valence electrons. The van der Waals surface area contributed by atoms with Crippen LogP contribution in [0.15, 0.2) is 42.5 Å². The first-order valence-electron chi connectivity index (χ1n) is 7.93. The molecule has 2 amide bonds. The van der Waals surface area contributed by atoms with Gasteiger partial charge >= 0.3 is 6.18 Å². The summed E-state index contributed by atoms with van der Waals surface area (Å²) < 4.78 is 47.9. The van der Waals surface area contributed by atoms with Crippen molar-refractivity contribution in [3.63, 3.8) is 0 Å². The van der Waals surface area contributed by atoms with Crippen LogP contribution in [-0.4, -0.2) is 25.2 Å². The summed E-state index contributed by atoms with van der Waals surface area (Å²) in [4.78, 5) is 23.8. The largest absolute Gasteiger partial charge is 0.454 e. The molecule has 1 aliphatic rings. The van der Waals surface area contributed by atoms with Crippen LogP contribution in [0, 0.1) is 0 Å². The molecule has 0 aliphatic carbocycles. The molecule has 0 aromatic heterocycles. The first kappa shape index (κ1) is 18.6. The van der Waals surface area contributed by atoms with Gasteiger partial charge in [-0.1, -0.05) is 6.07 Å². The van der Waals surface area contributed by atoms with Crippen LogP contribution in [0.5, 0.6) is 11.5 Å². The summed E-state index contributed by atoms with van der Waals surface area (Å²) in [5.74, 6) is 0.154. The molecule has 1 heterocycles. The normalized spacial score (nSPS) is 12.6. The number of hydrogen-bond acceptors (Lipinski definition) is 4. The van der Waals surface area contributed by atoms with Gasteiger partial charge in [0.15, 0.2) is 11.5 Å². The molecule has 0 spiro atoms. The molecule has 2 aromatic carbocycles. The first-order valence-corrected chi connectivity index (χ1v) is 7.93. The Balaban J connectivity index is 1.46. The van der Waals surface area contributed by atoms with Crippen molar-refractivity contribution >= 4 is 11.8 Å². The van der Waals surface area contributed by atoms with Crippen LogP contribution in [0.4, 0.5) is 13.2 Å². The lowest BCUT2D eigenvalue weighted by molar-refractivity contribution is -0.137. The third-order valence-corrected chi connectivity index (χ3v) is 3.81. The van der Waals surface area contributed by atoms with Crippen LogP contribution >= 0.6 is 0 Å². The Morgan fingerprint density at radius 3 is 2.37 bits per heavy atom. The van der Waals surface area contributed by atoms with Crippen molar-refractivity contribution in [3.8, 4) is 11.5 Å². The zero-order valence-electron chi connectivity index (χ0n) is 13.9. The number of benzene rings is 2. The zero-order chi connectivity index (χ0) is 19.4. The Labute approximate surface area is 152 Å². The monoisotopic (exact) mass is 380 g/mol. The maximum Gasteiger partial charge on any atom is 0.416 e. The Kier molecular flexibility index (Phi) is 5.20. The molecule has 0 saturated heterocycles. The van der Waals surface area contributed by atoms with Gasteiger partial charge in [-0.05, 0) is 42.0 Å². The smallest absolute Gasteiger partial charge is 0.416 e. The summed E-state index contributed by atoms with van der Waals surface area (Å²) in [6.45, 7) is 0.0805. The number of halogens is 3. The van der Waals surface area contributed by atoms with Crippen LogP contribution in [0.2, 0.25) is 0 Å². The van der Waals surface area contributed by atoms with E-state index in [1.165, 1.54) is 0 Å². The average Bonchev–Trinajstić information content (AvgIpc) is 3.11. The van der Waals surface area contributed by atoms with Gasteiger partial charge in [-0.25, -0.2) is 0 Å². The van der Waals surface area contributed by atoms with E-state index < -0.39 is 23.6 Å². The van der Waals surface area contributed by atoms with Crippen molar-refractivity contribution in [1.82, 2.24) is 10.6 Å². The van der Waals surface area contributed by atoms with Gasteiger partial charge in [0, 0.05) is 12.1 Å². The molecule has 27 heavy (non-hydrogen) atoms. The van der Waals surface area contributed by atoms with Crippen molar-refractivity contribution in [2.45, 2.75) is 12.7 Å². The molecule has 3 rings (SSSR count). The van der Waals surface area contributed by atoms with E-state index in [0.717, 1.165) is 29.8 Å². The summed E-state index contributed by atoms with van der Waals surface area (Å²) in [5, 5.41) is 4.99. The second-order valence-corrected chi connectivity index (χ2v) is 5.72. The maximum atomic E-state index is 12.5. The number of carbonyl (C=O) groups excluding carboxylic acids is 2. The van der Waals surface area contributed by atoms with E-state index in [0.29, 0.717) is 11.5 Å². The molecular weight excluding hydrogens is 365 g/mol. The highest BCUT2D eigenvalue weighted by Gasteiger charge is 2.30. The molecule has 6 nitrogen and oxygen atoms in total. The first-order chi connectivity index (χ1) is 12.8. The van der Waals surface area contributed by atoms with E-state index >= 15 is 0 Å². The Hall–Kier alpha value is -3.23. The lowest BCUT2D eigenvalue weighted by Crippen LogP contribution is -2.36. The highest BCUT2D eigenvalue weighted by molar-refractivity contribution is 5.96. The Morgan fingerprint density at radius 2 is 1.67 bits per heavy atom. The second-order valence-electron chi connectivity index (χ2n) is 5.72. The lowest BCUT2D eigenvalue weighted by Gasteiger charge is -2.09. The van der Waals surface area contributed by atoms with E-state index in [4.69, 9.17) is 9.47 Å². The average molecular weight is 380 g/mol. The minimum atomic E-state index is -4.47. The van der Waals surface area contributed by atoms with Gasteiger partial charge in [0.05, 0.1) is 12.1 Å². The highest BCUT2D eigenvalue weighted by Crippen LogP contribution is 2.32. The van der Waals surface area contributed by atoms with E-state index in [1.54, 1.807) is 18.2 Å². The number of hydrogen-bond donors (Lipinski definition) is 2. The van der Waals surface area contributed by atoms with Gasteiger partial charge in [-0.2, -0.15) is 13.2 Å². The molecule has 0 unspecified atom stereocenters. The van der Waals surface area contributed by atoms with Crippen molar-refractivity contribution in [2.24, 2.45) is 0 Å². The third-order valence-electron chi connectivity index (χ3n) is 3.81. The molecule has 2 aromatic rings. The summed E-state index contributed by atoms with van der Waals surface area (Å²) >= 11 is 0. The summed E-state index contributed by atoms with van der Waals surface area (Å²) in [7, 11) is 0. The number of rotatable bonds is 5. The predicted molar refractivity (Wildman–Crippen MR) is 88.2 cm³/mol. The lowest BCUT2D eigenvalue weighted by atomic mass is 10.1. The molecular formula is C18H15F3N2O4. The van der Waals surface area contributed by atoms with Crippen LogP contribution in [-0.2, 0) is 17.5 Å². The Bertz CT molecular complexity index is 851. The fourth-order valence-corrected chi connectivity index (χ4v) is 2.39. The van der Waals surface area contributed by atoms with Crippen molar-refractivity contribution in [1.29, 1.82) is 0 Å². The summed E-state index contributed by atoms with van der Waals surface area (Å²) in [6, 6.07) is 8.99. The van der Waals surface area contributed by atoms with Gasteiger partial charge in [-0.3, -0.25) is 9.59 Å². The van der Waals surface area contributed by atoms with Crippen LogP contribution < -0.4 is 20.1 Å². The number of carbonyl (C=O) groups is 2. The van der Waals surface area contributed by atoms with Crippen LogP contribution in [0.1, 0.15) is 21.5 Å². The van der Waals surface area contributed by atoms with Crippen molar-refractivity contribution in [2.75, 3.05) is 13.3 Å². The van der Waals surface area contributed by atoms with Crippen LogP contribution in [0.3, 0.4) is 0 Å². The molecule has 2 N–H and O–H groups in total. The summed E-state index contributed by atoms with van der Waals surface area (Å²) in [6.07, 6.45) is -4.47. The van der Waals surface area contributed by atoms with E-state index in [9.17, 15) is 22.8 Å². The molecule has 0 bridgehead atoms. The minimum Gasteiger partial charge on any atom is -0.454 e. The number of amides is 2. The van der Waals surface area contributed by atoms with Gasteiger partial charge in [0.1, 0.15) is 0 Å². The zero-order valence-corrected chi connectivity index (χ0v) is 13.9. The minimum absolute atomic E-state index is 0.0339. The van der Waals surface area contributed by atoms with E-state index in [-0.39, 0.29) is 25.4 Å². The number of nitrogens with one attached hydrogen (secondary N) is 2. The van der Waals surface area contributed by atoms with Gasteiger partial charge in [-0.15, -0.1) is 0 Å². The molecule has 9 heteroatoms. The molecule has 0 fully saturated rings. The summed E-state index contributed by atoms with van der Waals surface area (Å²) in [5.41, 5.74) is -0.0197. The molecule has 0 saturated carbocycles. The van der Waals surface area contributed by atoms with Crippen molar-refractivity contribution in [3.05, 3.63) is 59.2 Å². The van der Waals surface area contributed by atoms with E-state index in [1.807, 2.05) is 0 Å². The standard InChI is InChI=1S/C18H15F3N2O4/c19-18(20,21)13-4-2-12(3-5-13)17(25)23-9-16(24)22-8-11-1-6-14-15(7-11)27-10-26-14/h1-7H,8-10H2,(H,22,24)(H,23,25). The van der Waals surface area contributed by atoms with Gasteiger partial charge in [0.25, 0.3) is 5.91 Å². The van der Waals surface area contributed by atoms with Crippen LogP contribution in [0.25, 0.3) is 0 Å². The fourth-order valence-electron chi connectivity index (χ4n) is 2.39. The molecule has 0 radical (unpaired) electrons. The topological polar surface area (TPSA) is 76.7 Å². The molecule has 1 aliphatic heterocycles. The number of ether oxygens (including phenoxy) is 2. The quantitative estimate of drug-likeness (QED) is 0.836. The third kappa shape index (κ3) is 4.69. The maximum absolute atomic E-state index is 12.5. The second kappa shape index (κ2) is 7.56. The molecule has 0 atom stereocenters. The predicted octanol–water partition coefficient (Wildman–Crippen LogP) is 2.48. The number of fused-ring (bicyclic) bond motifs is 1. The van der Waals surface area contributed by atoms with Gasteiger partial charge < -0.3 is 20.1 Å². The SMILES string of the molecule is O=C(CNC(=O)c1ccc(C(F)(F)F)cc1)NCc1ccc2c(c1)OCO2. The Morgan fingerprint density at radius 1 is 0.963 bits per heavy atom. The highest BCUT2D eigenvalue weighted by atomic mass is 19.4. The number of alkyl halides is 3. The van der Waals surface area contributed by atoms with E-state index in [2.05, 4.69) is 10.6 Å². The van der Waals surface area contributed by atoms with Crippen molar-refractivity contribution < 1.29 is 32.2 Å². The fraction of sp³-hybridized carbons (Fsp3) is 0.222.